The van der Waals surface area contributed by atoms with Crippen LogP contribution in [0.2, 0.25) is 0 Å². The van der Waals surface area contributed by atoms with Crippen molar-refractivity contribution < 1.29 is 23.6 Å². The van der Waals surface area contributed by atoms with Crippen LogP contribution >= 0.6 is 0 Å². The van der Waals surface area contributed by atoms with Crippen LogP contribution in [-0.2, 0) is 26.2 Å². The lowest BCUT2D eigenvalue weighted by Gasteiger charge is -2.15. The van der Waals surface area contributed by atoms with E-state index < -0.39 is 11.5 Å². The molecule has 1 unspecified atom stereocenters. The van der Waals surface area contributed by atoms with Gasteiger partial charge in [0.25, 0.3) is 0 Å². The lowest BCUT2D eigenvalue weighted by molar-refractivity contribution is -0.146. The van der Waals surface area contributed by atoms with E-state index in [0.29, 0.717) is 31.2 Å². The van der Waals surface area contributed by atoms with Crippen LogP contribution in [0.1, 0.15) is 48.3 Å². The Balaban J connectivity index is 1.19. The fraction of sp³-hybridized carbons (Fsp3) is 0.281. The Bertz CT molecular complexity index is 1490. The van der Waals surface area contributed by atoms with Crippen molar-refractivity contribution in [1.82, 2.24) is 10.1 Å². The number of cyclic esters (lactones) is 1. The summed E-state index contributed by atoms with van der Waals surface area (Å²) in [6.45, 7) is 5.02. The number of esters is 1. The largest absolute Gasteiger partial charge is 0.465 e. The van der Waals surface area contributed by atoms with Crippen molar-refractivity contribution in [2.75, 3.05) is 13.2 Å². The number of aryl methyl sites for hydroxylation is 1. The molecule has 1 aromatic heterocycles. The summed E-state index contributed by atoms with van der Waals surface area (Å²) in [7, 11) is 0. The molecule has 1 saturated heterocycles. The lowest BCUT2D eigenvalue weighted by Crippen LogP contribution is -2.23. The van der Waals surface area contributed by atoms with Crippen molar-refractivity contribution >= 4 is 12.1 Å². The smallest absolute Gasteiger partial charge is 0.410 e. The van der Waals surface area contributed by atoms with Gasteiger partial charge in [-0.1, -0.05) is 84.0 Å². The van der Waals surface area contributed by atoms with E-state index >= 15 is 0 Å². The van der Waals surface area contributed by atoms with Crippen molar-refractivity contribution in [2.24, 2.45) is 0 Å². The summed E-state index contributed by atoms with van der Waals surface area (Å²) >= 11 is 0. The predicted molar refractivity (Wildman–Crippen MR) is 146 cm³/mol. The van der Waals surface area contributed by atoms with Gasteiger partial charge in [0, 0.05) is 12.1 Å². The SMILES string of the molecule is CCOC(=O)C1(c2ccc(-c3ccc(-c4onc(C)c4C4CN(Cc5ccccc5)C(=O)O4)cc3)cc2)CC1. The van der Waals surface area contributed by atoms with E-state index in [0.717, 1.165) is 46.2 Å². The molecule has 7 nitrogen and oxygen atoms in total. The van der Waals surface area contributed by atoms with Gasteiger partial charge in [-0.15, -0.1) is 0 Å². The van der Waals surface area contributed by atoms with E-state index in [1.54, 1.807) is 4.90 Å². The van der Waals surface area contributed by atoms with Gasteiger partial charge in [-0.2, -0.15) is 0 Å². The fourth-order valence-electron chi connectivity index (χ4n) is 5.36. The molecule has 1 saturated carbocycles. The molecule has 1 amide bonds. The first-order chi connectivity index (χ1) is 19.0. The summed E-state index contributed by atoms with van der Waals surface area (Å²) in [6, 6.07) is 26.1. The van der Waals surface area contributed by atoms with Gasteiger partial charge in [-0.3, -0.25) is 9.69 Å². The molecule has 0 N–H and O–H groups in total. The van der Waals surface area contributed by atoms with E-state index in [1.807, 2.05) is 92.7 Å². The van der Waals surface area contributed by atoms with E-state index in [9.17, 15) is 9.59 Å². The van der Waals surface area contributed by atoms with Crippen LogP contribution in [0.15, 0.2) is 83.4 Å². The van der Waals surface area contributed by atoms with Gasteiger partial charge in [0.15, 0.2) is 11.9 Å². The quantitative estimate of drug-likeness (QED) is 0.242. The Labute approximate surface area is 227 Å². The van der Waals surface area contributed by atoms with Crippen molar-refractivity contribution in [3.05, 3.63) is 101 Å². The number of rotatable bonds is 8. The van der Waals surface area contributed by atoms with Crippen molar-refractivity contribution in [3.63, 3.8) is 0 Å². The normalized spacial score (nSPS) is 17.6. The number of carbonyl (C=O) groups excluding carboxylic acids is 2. The molecular formula is C32H30N2O5. The summed E-state index contributed by atoms with van der Waals surface area (Å²) in [5.74, 6) is 0.482. The van der Waals surface area contributed by atoms with Gasteiger partial charge in [-0.05, 0) is 48.9 Å². The maximum atomic E-state index is 12.6. The number of amides is 1. The van der Waals surface area contributed by atoms with Gasteiger partial charge in [0.2, 0.25) is 0 Å². The van der Waals surface area contributed by atoms with Crippen molar-refractivity contribution in [2.45, 2.75) is 44.8 Å². The van der Waals surface area contributed by atoms with E-state index in [1.165, 1.54) is 0 Å². The minimum absolute atomic E-state index is 0.128. The van der Waals surface area contributed by atoms with Crippen LogP contribution in [0.3, 0.4) is 0 Å². The zero-order valence-corrected chi connectivity index (χ0v) is 22.1. The molecule has 2 fully saturated rings. The minimum atomic E-state index is -0.473. The number of nitrogens with zero attached hydrogens (tertiary/aromatic N) is 2. The van der Waals surface area contributed by atoms with Crippen molar-refractivity contribution in [1.29, 1.82) is 0 Å². The Hall–Kier alpha value is -4.39. The van der Waals surface area contributed by atoms with Gasteiger partial charge in [0.05, 0.1) is 29.8 Å². The summed E-state index contributed by atoms with van der Waals surface area (Å²) in [4.78, 5) is 26.8. The molecule has 3 aromatic carbocycles. The molecule has 198 valence electrons. The molecule has 7 heteroatoms. The Kier molecular flexibility index (Phi) is 6.43. The van der Waals surface area contributed by atoms with E-state index in [4.69, 9.17) is 14.0 Å². The van der Waals surface area contributed by atoms with Crippen molar-refractivity contribution in [3.8, 4) is 22.5 Å². The second kappa shape index (κ2) is 10.1. The Morgan fingerprint density at radius 2 is 1.62 bits per heavy atom. The lowest BCUT2D eigenvalue weighted by atomic mass is 9.93. The van der Waals surface area contributed by atoms with Gasteiger partial charge >= 0.3 is 12.1 Å². The molecule has 1 aliphatic carbocycles. The molecule has 6 rings (SSSR count). The monoisotopic (exact) mass is 522 g/mol. The maximum absolute atomic E-state index is 12.6. The highest BCUT2D eigenvalue weighted by atomic mass is 16.6. The highest BCUT2D eigenvalue weighted by Gasteiger charge is 2.52. The first kappa shape index (κ1) is 24.9. The maximum Gasteiger partial charge on any atom is 0.410 e. The van der Waals surface area contributed by atoms with Crippen LogP contribution in [0.4, 0.5) is 4.79 Å². The van der Waals surface area contributed by atoms with Crippen LogP contribution in [-0.4, -0.2) is 35.3 Å². The average molecular weight is 523 g/mol. The molecule has 39 heavy (non-hydrogen) atoms. The Morgan fingerprint density at radius 3 is 2.26 bits per heavy atom. The molecule has 1 atom stereocenters. The zero-order chi connectivity index (χ0) is 27.0. The molecule has 4 aromatic rings. The highest BCUT2D eigenvalue weighted by Crippen LogP contribution is 2.49. The third kappa shape index (κ3) is 4.69. The Morgan fingerprint density at radius 1 is 0.974 bits per heavy atom. The minimum Gasteiger partial charge on any atom is -0.465 e. The predicted octanol–water partition coefficient (Wildman–Crippen LogP) is 6.61. The standard InChI is InChI=1S/C32H30N2O5/c1-3-37-30(35)32(17-18-32)26-15-13-24(14-16-26)23-9-11-25(12-10-23)29-28(21(2)33-39-29)27-20-34(31(36)38-27)19-22-7-5-4-6-8-22/h4-16,27H,3,17-20H2,1-2H3. The summed E-state index contributed by atoms with van der Waals surface area (Å²) in [6.07, 6.45) is 0.868. The average Bonchev–Trinajstić information content (AvgIpc) is 3.58. The third-order valence-electron chi connectivity index (χ3n) is 7.67. The summed E-state index contributed by atoms with van der Waals surface area (Å²) in [5, 5.41) is 4.20. The topological polar surface area (TPSA) is 81.9 Å². The number of benzene rings is 3. The van der Waals surface area contributed by atoms with Gasteiger partial charge < -0.3 is 14.0 Å². The van der Waals surface area contributed by atoms with Gasteiger partial charge in [-0.25, -0.2) is 4.79 Å². The van der Waals surface area contributed by atoms with Crippen LogP contribution in [0.5, 0.6) is 0 Å². The number of hydrogen-bond acceptors (Lipinski definition) is 6. The molecule has 0 spiro atoms. The molecule has 2 aliphatic rings. The molecule has 0 bridgehead atoms. The molecular weight excluding hydrogens is 492 g/mol. The third-order valence-corrected chi connectivity index (χ3v) is 7.67. The summed E-state index contributed by atoms with van der Waals surface area (Å²) in [5.41, 5.74) is 6.06. The number of aromatic nitrogens is 1. The number of carbonyl (C=O) groups is 2. The first-order valence-corrected chi connectivity index (χ1v) is 13.3. The number of ether oxygens (including phenoxy) is 2. The second-order valence-electron chi connectivity index (χ2n) is 10.2. The molecule has 2 heterocycles. The van der Waals surface area contributed by atoms with Gasteiger partial charge in [0.1, 0.15) is 0 Å². The van der Waals surface area contributed by atoms with E-state index in [2.05, 4.69) is 5.16 Å². The molecule has 1 aliphatic heterocycles. The number of hydrogen-bond donors (Lipinski definition) is 0. The first-order valence-electron chi connectivity index (χ1n) is 13.3. The van der Waals surface area contributed by atoms with Crippen LogP contribution in [0, 0.1) is 6.92 Å². The highest BCUT2D eigenvalue weighted by molar-refractivity contribution is 5.87. The van der Waals surface area contributed by atoms with E-state index in [-0.39, 0.29) is 12.1 Å². The van der Waals surface area contributed by atoms with Crippen LogP contribution in [0.25, 0.3) is 22.5 Å². The summed E-state index contributed by atoms with van der Waals surface area (Å²) < 4.78 is 16.8. The van der Waals surface area contributed by atoms with Crippen LogP contribution < -0.4 is 0 Å². The second-order valence-corrected chi connectivity index (χ2v) is 10.2. The molecule has 0 radical (unpaired) electrons. The zero-order valence-electron chi connectivity index (χ0n) is 22.1. The fourth-order valence-corrected chi connectivity index (χ4v) is 5.36.